The molecule has 0 amide bonds. The molecular weight excluding hydrogens is 346 g/mol. The van der Waals surface area contributed by atoms with Crippen LogP contribution >= 0.6 is 0 Å². The van der Waals surface area contributed by atoms with E-state index in [1.165, 1.54) is 27.6 Å². The number of hydrogen-bond acceptors (Lipinski definition) is 3. The lowest BCUT2D eigenvalue weighted by Gasteiger charge is -2.27. The van der Waals surface area contributed by atoms with Gasteiger partial charge in [-0.3, -0.25) is 10.00 Å². The van der Waals surface area contributed by atoms with Gasteiger partial charge < -0.3 is 4.57 Å². The summed E-state index contributed by atoms with van der Waals surface area (Å²) in [4.78, 5) is 7.07. The predicted molar refractivity (Wildman–Crippen MR) is 112 cm³/mol. The minimum absolute atomic E-state index is 0.429. The zero-order valence-corrected chi connectivity index (χ0v) is 16.4. The standard InChI is InChI=1S/C23H25N5/c1-16(2)28-13-11-24-22(28)15-27-12-10-21-20(14-27)23(26-25-21)19-9-5-7-17-6-3-4-8-18(17)19/h3-9,11,13,16H,10,12,14-15H2,1-2H3,(H,25,26). The van der Waals surface area contributed by atoms with Crippen molar-refractivity contribution in [2.45, 2.75) is 39.4 Å². The lowest BCUT2D eigenvalue weighted by Crippen LogP contribution is -2.31. The van der Waals surface area contributed by atoms with Gasteiger partial charge in [0.25, 0.3) is 0 Å². The Balaban J connectivity index is 1.48. The third kappa shape index (κ3) is 2.92. The van der Waals surface area contributed by atoms with Crippen LogP contribution in [0.2, 0.25) is 0 Å². The molecule has 1 aliphatic rings. The van der Waals surface area contributed by atoms with Gasteiger partial charge in [0.05, 0.1) is 12.2 Å². The van der Waals surface area contributed by atoms with Gasteiger partial charge in [0.1, 0.15) is 5.82 Å². The SMILES string of the molecule is CC(C)n1ccnc1CN1CCc2[nH]nc(-c3cccc4ccccc34)c2C1. The Labute approximate surface area is 165 Å². The number of H-pyrrole nitrogens is 1. The first-order valence-electron chi connectivity index (χ1n) is 9.99. The zero-order chi connectivity index (χ0) is 19.1. The molecule has 2 aromatic carbocycles. The van der Waals surface area contributed by atoms with Gasteiger partial charge in [-0.1, -0.05) is 42.5 Å². The molecule has 142 valence electrons. The van der Waals surface area contributed by atoms with Gasteiger partial charge in [0, 0.05) is 54.8 Å². The fourth-order valence-electron chi connectivity index (χ4n) is 4.28. The molecular formula is C23H25N5. The summed E-state index contributed by atoms with van der Waals surface area (Å²) in [5, 5.41) is 10.5. The number of benzene rings is 2. The number of rotatable bonds is 4. The summed E-state index contributed by atoms with van der Waals surface area (Å²) in [7, 11) is 0. The molecule has 5 nitrogen and oxygen atoms in total. The fourth-order valence-corrected chi connectivity index (χ4v) is 4.28. The maximum atomic E-state index is 4.72. The van der Waals surface area contributed by atoms with Crippen LogP contribution in [0, 0.1) is 0 Å². The van der Waals surface area contributed by atoms with Crippen LogP contribution in [0.5, 0.6) is 0 Å². The molecule has 0 atom stereocenters. The molecule has 0 bridgehead atoms. The first kappa shape index (κ1) is 17.2. The van der Waals surface area contributed by atoms with Gasteiger partial charge in [-0.2, -0.15) is 5.10 Å². The molecule has 1 N–H and O–H groups in total. The largest absolute Gasteiger partial charge is 0.331 e. The third-order valence-electron chi connectivity index (χ3n) is 5.73. The van der Waals surface area contributed by atoms with Crippen molar-refractivity contribution in [2.75, 3.05) is 6.54 Å². The van der Waals surface area contributed by atoms with Crippen molar-refractivity contribution in [3.63, 3.8) is 0 Å². The highest BCUT2D eigenvalue weighted by Gasteiger charge is 2.24. The molecule has 5 rings (SSSR count). The summed E-state index contributed by atoms with van der Waals surface area (Å²) in [6.07, 6.45) is 4.98. The highest BCUT2D eigenvalue weighted by atomic mass is 15.2. The first-order valence-corrected chi connectivity index (χ1v) is 9.99. The van der Waals surface area contributed by atoms with Gasteiger partial charge >= 0.3 is 0 Å². The van der Waals surface area contributed by atoms with Gasteiger partial charge in [0.15, 0.2) is 0 Å². The second-order valence-corrected chi connectivity index (χ2v) is 7.86. The quantitative estimate of drug-likeness (QED) is 0.572. The normalized spacial score (nSPS) is 14.7. The van der Waals surface area contributed by atoms with E-state index in [0.29, 0.717) is 6.04 Å². The minimum Gasteiger partial charge on any atom is -0.331 e. The van der Waals surface area contributed by atoms with Crippen molar-refractivity contribution >= 4 is 10.8 Å². The highest BCUT2D eigenvalue weighted by Crippen LogP contribution is 2.33. The number of fused-ring (bicyclic) bond motifs is 2. The van der Waals surface area contributed by atoms with Gasteiger partial charge in [0.2, 0.25) is 0 Å². The van der Waals surface area contributed by atoms with Crippen LogP contribution in [0.3, 0.4) is 0 Å². The van der Waals surface area contributed by atoms with Crippen molar-refractivity contribution in [1.82, 2.24) is 24.6 Å². The van der Waals surface area contributed by atoms with Crippen LogP contribution in [0.25, 0.3) is 22.0 Å². The Hall–Kier alpha value is -2.92. The molecule has 0 spiro atoms. The Kier molecular flexibility index (Phi) is 4.24. The van der Waals surface area contributed by atoms with Crippen LogP contribution < -0.4 is 0 Å². The summed E-state index contributed by atoms with van der Waals surface area (Å²) in [5.74, 6) is 1.13. The smallest absolute Gasteiger partial charge is 0.123 e. The van der Waals surface area contributed by atoms with E-state index in [0.717, 1.165) is 37.6 Å². The number of hydrogen-bond donors (Lipinski definition) is 1. The lowest BCUT2D eigenvalue weighted by atomic mass is 9.97. The Morgan fingerprint density at radius 3 is 2.86 bits per heavy atom. The molecule has 0 radical (unpaired) electrons. The molecule has 4 aromatic rings. The summed E-state index contributed by atoms with van der Waals surface area (Å²) < 4.78 is 2.26. The maximum Gasteiger partial charge on any atom is 0.123 e. The van der Waals surface area contributed by atoms with E-state index in [1.807, 2.05) is 6.20 Å². The third-order valence-corrected chi connectivity index (χ3v) is 5.73. The minimum atomic E-state index is 0.429. The molecule has 0 unspecified atom stereocenters. The van der Waals surface area contributed by atoms with Gasteiger partial charge in [-0.05, 0) is 24.6 Å². The van der Waals surface area contributed by atoms with Gasteiger partial charge in [-0.15, -0.1) is 0 Å². The van der Waals surface area contributed by atoms with Crippen molar-refractivity contribution in [3.8, 4) is 11.3 Å². The molecule has 3 heterocycles. The second-order valence-electron chi connectivity index (χ2n) is 7.86. The number of aromatic amines is 1. The highest BCUT2D eigenvalue weighted by molar-refractivity contribution is 5.96. The zero-order valence-electron chi connectivity index (χ0n) is 16.4. The summed E-state index contributed by atoms with van der Waals surface area (Å²) in [6.45, 7) is 7.19. The Bertz CT molecular complexity index is 1120. The van der Waals surface area contributed by atoms with Crippen LogP contribution in [0.4, 0.5) is 0 Å². The first-order chi connectivity index (χ1) is 13.7. The maximum absolute atomic E-state index is 4.72. The van der Waals surface area contributed by atoms with Gasteiger partial charge in [-0.25, -0.2) is 4.98 Å². The van der Waals surface area contributed by atoms with E-state index in [2.05, 4.69) is 82.1 Å². The van der Waals surface area contributed by atoms with Crippen LogP contribution in [0.1, 0.15) is 37.0 Å². The molecule has 1 aliphatic heterocycles. The summed E-state index contributed by atoms with van der Waals surface area (Å²) >= 11 is 0. The second kappa shape index (κ2) is 6.91. The van der Waals surface area contributed by atoms with Crippen molar-refractivity contribution in [2.24, 2.45) is 0 Å². The van der Waals surface area contributed by atoms with Crippen LogP contribution in [-0.4, -0.2) is 31.2 Å². The molecule has 0 fully saturated rings. The molecule has 0 aliphatic carbocycles. The monoisotopic (exact) mass is 371 g/mol. The average Bonchev–Trinajstić information content (AvgIpc) is 3.34. The van der Waals surface area contributed by atoms with E-state index in [1.54, 1.807) is 0 Å². The Morgan fingerprint density at radius 2 is 1.96 bits per heavy atom. The van der Waals surface area contributed by atoms with Crippen LogP contribution in [-0.2, 0) is 19.5 Å². The van der Waals surface area contributed by atoms with E-state index in [-0.39, 0.29) is 0 Å². The molecule has 0 saturated heterocycles. The van der Waals surface area contributed by atoms with Crippen LogP contribution in [0.15, 0.2) is 54.9 Å². The Morgan fingerprint density at radius 1 is 1.11 bits per heavy atom. The fraction of sp³-hybridized carbons (Fsp3) is 0.304. The molecule has 28 heavy (non-hydrogen) atoms. The van der Waals surface area contributed by atoms with E-state index in [4.69, 9.17) is 5.10 Å². The van der Waals surface area contributed by atoms with Crippen molar-refractivity contribution < 1.29 is 0 Å². The lowest BCUT2D eigenvalue weighted by molar-refractivity contribution is 0.234. The predicted octanol–water partition coefficient (Wildman–Crippen LogP) is 4.57. The number of nitrogens with one attached hydrogen (secondary N) is 1. The van der Waals surface area contributed by atoms with E-state index >= 15 is 0 Å². The summed E-state index contributed by atoms with van der Waals surface area (Å²) in [5.41, 5.74) is 4.89. The average molecular weight is 371 g/mol. The van der Waals surface area contributed by atoms with E-state index < -0.39 is 0 Å². The van der Waals surface area contributed by atoms with Crippen molar-refractivity contribution in [1.29, 1.82) is 0 Å². The molecule has 5 heteroatoms. The summed E-state index contributed by atoms with van der Waals surface area (Å²) in [6, 6.07) is 15.4. The number of imidazole rings is 1. The number of aromatic nitrogens is 4. The van der Waals surface area contributed by atoms with E-state index in [9.17, 15) is 0 Å². The van der Waals surface area contributed by atoms with Crippen molar-refractivity contribution in [3.05, 3.63) is 71.9 Å². The molecule has 0 saturated carbocycles. The number of nitrogens with zero attached hydrogens (tertiary/aromatic N) is 4. The molecule has 2 aromatic heterocycles. The topological polar surface area (TPSA) is 49.7 Å².